The Morgan fingerprint density at radius 3 is 2.70 bits per heavy atom. The van der Waals surface area contributed by atoms with Gasteiger partial charge in [0.2, 0.25) is 5.82 Å². The lowest BCUT2D eigenvalue weighted by Crippen LogP contribution is -2.04. The van der Waals surface area contributed by atoms with Crippen molar-refractivity contribution < 1.29 is 17.7 Å². The fourth-order valence-electron chi connectivity index (χ4n) is 1.56. The van der Waals surface area contributed by atoms with Gasteiger partial charge in [-0.15, -0.1) is 0 Å². The first-order chi connectivity index (χ1) is 9.29. The molecule has 20 heavy (non-hydrogen) atoms. The number of nitrogens with zero attached hydrogens (tertiary/aromatic N) is 3. The summed E-state index contributed by atoms with van der Waals surface area (Å²) in [7, 11) is 1.21. The molecule has 0 fully saturated rings. The van der Waals surface area contributed by atoms with Gasteiger partial charge in [0.15, 0.2) is 0 Å². The van der Waals surface area contributed by atoms with Crippen LogP contribution in [0.5, 0.6) is 0 Å². The maximum Gasteiger partial charge on any atom is 0.305 e. The largest absolute Gasteiger partial charge is 0.305 e. The van der Waals surface area contributed by atoms with Gasteiger partial charge in [-0.3, -0.25) is 14.8 Å². The minimum Gasteiger partial charge on any atom is -0.267 e. The Morgan fingerprint density at radius 1 is 1.45 bits per heavy atom. The molecule has 0 bridgehead atoms. The van der Waals surface area contributed by atoms with Crippen LogP contribution >= 0.6 is 10.7 Å². The van der Waals surface area contributed by atoms with E-state index >= 15 is 0 Å². The molecule has 0 radical (unpaired) electrons. The minimum absolute atomic E-state index is 0.0146. The number of benzene rings is 1. The van der Waals surface area contributed by atoms with Crippen molar-refractivity contribution in [1.82, 2.24) is 9.78 Å². The maximum absolute atomic E-state index is 13.8. The van der Waals surface area contributed by atoms with Crippen LogP contribution in [0.4, 0.5) is 10.1 Å². The first-order valence-electron chi connectivity index (χ1n) is 5.18. The van der Waals surface area contributed by atoms with Crippen molar-refractivity contribution in [3.8, 4) is 0 Å². The van der Waals surface area contributed by atoms with Gasteiger partial charge < -0.3 is 0 Å². The fraction of sp³-hybridized carbons (Fsp3) is 0.100. The summed E-state index contributed by atoms with van der Waals surface area (Å²) in [5.74, 6) is -0.983. The highest BCUT2D eigenvalue weighted by atomic mass is 35.7. The van der Waals surface area contributed by atoms with E-state index in [4.69, 9.17) is 10.7 Å². The molecular weight excluding hydrogens is 313 g/mol. The zero-order chi connectivity index (χ0) is 14.9. The molecule has 0 N–H and O–H groups in total. The van der Waals surface area contributed by atoms with E-state index in [-0.39, 0.29) is 17.0 Å². The minimum atomic E-state index is -3.92. The summed E-state index contributed by atoms with van der Waals surface area (Å²) in [5, 5.41) is 14.3. The van der Waals surface area contributed by atoms with Gasteiger partial charge in [-0.1, -0.05) is 12.1 Å². The predicted octanol–water partition coefficient (Wildman–Crippen LogP) is 1.91. The van der Waals surface area contributed by atoms with Gasteiger partial charge in [0.1, 0.15) is 4.90 Å². The second-order valence-electron chi connectivity index (χ2n) is 3.82. The first-order valence-corrected chi connectivity index (χ1v) is 7.49. The molecule has 0 saturated carbocycles. The lowest BCUT2D eigenvalue weighted by molar-refractivity contribution is -0.387. The first kappa shape index (κ1) is 14.4. The molecule has 7 nitrogen and oxygen atoms in total. The molecule has 106 valence electrons. The van der Waals surface area contributed by atoms with Crippen LogP contribution in [0.1, 0.15) is 5.56 Å². The Morgan fingerprint density at radius 2 is 2.15 bits per heavy atom. The average molecular weight is 320 g/mol. The zero-order valence-electron chi connectivity index (χ0n) is 9.73. The topological polar surface area (TPSA) is 95.1 Å². The van der Waals surface area contributed by atoms with Crippen LogP contribution in [0.15, 0.2) is 35.5 Å². The highest BCUT2D eigenvalue weighted by molar-refractivity contribution is 8.13. The molecule has 10 heteroatoms. The second kappa shape index (κ2) is 5.17. The van der Waals surface area contributed by atoms with Crippen LogP contribution in [0.2, 0.25) is 0 Å². The van der Waals surface area contributed by atoms with Crippen LogP contribution in [-0.2, 0) is 15.6 Å². The SMILES string of the molecule is O=[N+]([O-])c1cccc(Cn2cc(S(=O)(=O)Cl)cn2)c1F. The van der Waals surface area contributed by atoms with Gasteiger partial charge in [-0.05, 0) is 0 Å². The van der Waals surface area contributed by atoms with Crippen molar-refractivity contribution in [3.05, 3.63) is 52.1 Å². The summed E-state index contributed by atoms with van der Waals surface area (Å²) < 4.78 is 37.1. The van der Waals surface area contributed by atoms with Crippen LogP contribution in [-0.4, -0.2) is 23.1 Å². The number of hydrogen-bond acceptors (Lipinski definition) is 5. The zero-order valence-corrected chi connectivity index (χ0v) is 11.3. The molecule has 0 aliphatic heterocycles. The van der Waals surface area contributed by atoms with Gasteiger partial charge in [-0.2, -0.15) is 9.49 Å². The molecule has 0 unspecified atom stereocenters. The van der Waals surface area contributed by atoms with Crippen molar-refractivity contribution in [2.75, 3.05) is 0 Å². The van der Waals surface area contributed by atoms with Crippen molar-refractivity contribution in [1.29, 1.82) is 0 Å². The summed E-state index contributed by atoms with van der Waals surface area (Å²) in [4.78, 5) is 9.54. The van der Waals surface area contributed by atoms with Crippen LogP contribution < -0.4 is 0 Å². The van der Waals surface area contributed by atoms with Gasteiger partial charge in [0, 0.05) is 28.5 Å². The van der Waals surface area contributed by atoms with E-state index in [2.05, 4.69) is 5.10 Å². The van der Waals surface area contributed by atoms with Gasteiger partial charge >= 0.3 is 5.69 Å². The number of hydrogen-bond donors (Lipinski definition) is 0. The molecule has 1 aromatic carbocycles. The molecule has 0 aliphatic rings. The highest BCUT2D eigenvalue weighted by Crippen LogP contribution is 2.21. The summed E-state index contributed by atoms with van der Waals surface area (Å²) in [6.45, 7) is -0.153. The summed E-state index contributed by atoms with van der Waals surface area (Å²) >= 11 is 0. The van der Waals surface area contributed by atoms with Gasteiger partial charge in [-0.25, -0.2) is 8.42 Å². The number of nitro groups is 1. The lowest BCUT2D eigenvalue weighted by Gasteiger charge is -2.03. The average Bonchev–Trinajstić information content (AvgIpc) is 2.80. The third kappa shape index (κ3) is 2.94. The molecule has 0 atom stereocenters. The van der Waals surface area contributed by atoms with E-state index in [9.17, 15) is 22.9 Å². The summed E-state index contributed by atoms with van der Waals surface area (Å²) in [6, 6.07) is 3.72. The van der Waals surface area contributed by atoms with E-state index < -0.39 is 25.5 Å². The highest BCUT2D eigenvalue weighted by Gasteiger charge is 2.18. The Labute approximate surface area is 117 Å². The molecule has 0 saturated heterocycles. The molecule has 0 aliphatic carbocycles. The molecular formula is C10H7ClFN3O4S. The summed E-state index contributed by atoms with van der Waals surface area (Å²) in [6.07, 6.45) is 2.12. The van der Waals surface area contributed by atoms with E-state index in [1.807, 2.05) is 0 Å². The Hall–Kier alpha value is -2.00. The monoisotopic (exact) mass is 319 g/mol. The van der Waals surface area contributed by atoms with Crippen molar-refractivity contribution in [2.24, 2.45) is 0 Å². The Balaban J connectivity index is 2.34. The molecule has 1 heterocycles. The van der Waals surface area contributed by atoms with Crippen molar-refractivity contribution in [2.45, 2.75) is 11.4 Å². The normalized spacial score (nSPS) is 11.5. The van der Waals surface area contributed by atoms with Crippen molar-refractivity contribution in [3.63, 3.8) is 0 Å². The van der Waals surface area contributed by atoms with E-state index in [1.165, 1.54) is 12.1 Å². The molecule has 0 spiro atoms. The second-order valence-corrected chi connectivity index (χ2v) is 6.38. The van der Waals surface area contributed by atoms with Gasteiger partial charge in [0.05, 0.1) is 17.7 Å². The van der Waals surface area contributed by atoms with E-state index in [1.54, 1.807) is 0 Å². The number of aromatic nitrogens is 2. The molecule has 2 aromatic rings. The third-order valence-electron chi connectivity index (χ3n) is 2.48. The number of rotatable bonds is 4. The van der Waals surface area contributed by atoms with E-state index in [0.29, 0.717) is 0 Å². The molecule has 0 amide bonds. The predicted molar refractivity (Wildman–Crippen MR) is 67.4 cm³/mol. The number of halogens is 2. The quantitative estimate of drug-likeness (QED) is 0.487. The van der Waals surface area contributed by atoms with Crippen LogP contribution in [0, 0.1) is 15.9 Å². The Bertz CT molecular complexity index is 775. The Kier molecular flexibility index (Phi) is 3.73. The molecule has 1 aromatic heterocycles. The number of nitro benzene ring substituents is 1. The summed E-state index contributed by atoms with van der Waals surface area (Å²) in [5.41, 5.74) is -0.638. The standard InChI is InChI=1S/C10H7ClFN3O4S/c11-20(18,19)8-4-13-14(6-8)5-7-2-1-3-9(10(7)12)15(16)17/h1-4,6H,5H2. The smallest absolute Gasteiger partial charge is 0.267 e. The van der Waals surface area contributed by atoms with Gasteiger partial charge in [0.25, 0.3) is 9.05 Å². The van der Waals surface area contributed by atoms with Crippen molar-refractivity contribution >= 4 is 25.4 Å². The van der Waals surface area contributed by atoms with Crippen LogP contribution in [0.25, 0.3) is 0 Å². The molecule has 2 rings (SSSR count). The fourth-order valence-corrected chi connectivity index (χ4v) is 2.22. The maximum atomic E-state index is 13.8. The third-order valence-corrected chi connectivity index (χ3v) is 3.79. The van der Waals surface area contributed by atoms with Crippen LogP contribution in [0.3, 0.4) is 0 Å². The lowest BCUT2D eigenvalue weighted by atomic mass is 10.2. The van der Waals surface area contributed by atoms with E-state index in [0.717, 1.165) is 23.1 Å².